The summed E-state index contributed by atoms with van der Waals surface area (Å²) in [5, 5.41) is 3.08. The molecule has 2 aromatic rings. The minimum atomic E-state index is 0.520. The standard InChI is InChI=1S/C12H15N3O/c1-9-3-4-11-10(8-16)14-12(5-6-13-2)15(11)7-9/h3-4,7-8,13H,5-6H2,1-2H3. The zero-order valence-electron chi connectivity index (χ0n) is 9.53. The van der Waals surface area contributed by atoms with Crippen molar-refractivity contribution in [3.05, 3.63) is 35.4 Å². The molecular weight excluding hydrogens is 202 g/mol. The van der Waals surface area contributed by atoms with Crippen LogP contribution in [0.4, 0.5) is 0 Å². The van der Waals surface area contributed by atoms with Gasteiger partial charge in [-0.3, -0.25) is 4.79 Å². The van der Waals surface area contributed by atoms with Gasteiger partial charge in [-0.05, 0) is 25.6 Å². The number of aryl methyl sites for hydroxylation is 1. The second kappa shape index (κ2) is 4.45. The van der Waals surface area contributed by atoms with Crippen LogP contribution in [-0.4, -0.2) is 29.3 Å². The van der Waals surface area contributed by atoms with Gasteiger partial charge in [-0.1, -0.05) is 6.07 Å². The fourth-order valence-electron chi connectivity index (χ4n) is 1.78. The molecule has 0 radical (unpaired) electrons. The predicted molar refractivity (Wildman–Crippen MR) is 62.9 cm³/mol. The number of imidazole rings is 1. The number of carbonyl (C=O) groups is 1. The zero-order valence-corrected chi connectivity index (χ0v) is 9.53. The molecule has 2 heterocycles. The lowest BCUT2D eigenvalue weighted by molar-refractivity contribution is 0.112. The Kier molecular flexibility index (Phi) is 3.01. The van der Waals surface area contributed by atoms with Crippen LogP contribution in [0, 0.1) is 6.92 Å². The first-order valence-corrected chi connectivity index (χ1v) is 5.33. The van der Waals surface area contributed by atoms with Crippen molar-refractivity contribution in [1.29, 1.82) is 0 Å². The van der Waals surface area contributed by atoms with Crippen molar-refractivity contribution < 1.29 is 4.79 Å². The first kappa shape index (κ1) is 10.8. The number of nitrogens with zero attached hydrogens (tertiary/aromatic N) is 2. The Morgan fingerprint density at radius 2 is 2.31 bits per heavy atom. The molecule has 0 bridgehead atoms. The van der Waals surface area contributed by atoms with E-state index < -0.39 is 0 Å². The Morgan fingerprint density at radius 3 is 3.00 bits per heavy atom. The number of carbonyl (C=O) groups excluding carboxylic acids is 1. The molecule has 1 N–H and O–H groups in total. The number of aldehydes is 1. The third-order valence-electron chi connectivity index (χ3n) is 2.60. The summed E-state index contributed by atoms with van der Waals surface area (Å²) in [7, 11) is 1.90. The van der Waals surface area contributed by atoms with E-state index in [9.17, 15) is 4.79 Å². The maximum Gasteiger partial charge on any atom is 0.170 e. The average Bonchev–Trinajstić information content (AvgIpc) is 2.64. The molecule has 2 rings (SSSR count). The highest BCUT2D eigenvalue weighted by atomic mass is 16.1. The van der Waals surface area contributed by atoms with Crippen molar-refractivity contribution in [2.75, 3.05) is 13.6 Å². The lowest BCUT2D eigenvalue weighted by Crippen LogP contribution is -2.12. The smallest absolute Gasteiger partial charge is 0.170 e. The van der Waals surface area contributed by atoms with Gasteiger partial charge >= 0.3 is 0 Å². The minimum absolute atomic E-state index is 0.520. The van der Waals surface area contributed by atoms with Crippen molar-refractivity contribution in [2.45, 2.75) is 13.3 Å². The van der Waals surface area contributed by atoms with Gasteiger partial charge in [-0.15, -0.1) is 0 Å². The van der Waals surface area contributed by atoms with E-state index in [4.69, 9.17) is 0 Å². The second-order valence-electron chi connectivity index (χ2n) is 3.85. The van der Waals surface area contributed by atoms with Crippen LogP contribution in [0.5, 0.6) is 0 Å². The van der Waals surface area contributed by atoms with Crippen molar-refractivity contribution in [2.24, 2.45) is 0 Å². The summed E-state index contributed by atoms with van der Waals surface area (Å²) in [6.45, 7) is 2.88. The molecule has 4 heteroatoms. The Bertz CT molecular complexity index is 516. The normalized spacial score (nSPS) is 10.9. The molecule has 2 aromatic heterocycles. The Balaban J connectivity index is 2.55. The molecule has 0 aliphatic heterocycles. The quantitative estimate of drug-likeness (QED) is 0.783. The van der Waals surface area contributed by atoms with Crippen LogP contribution in [-0.2, 0) is 6.42 Å². The lowest BCUT2D eigenvalue weighted by atomic mass is 10.3. The molecule has 0 aliphatic carbocycles. The summed E-state index contributed by atoms with van der Waals surface area (Å²) in [5.41, 5.74) is 2.56. The number of nitrogens with one attached hydrogen (secondary N) is 1. The number of aromatic nitrogens is 2. The number of hydrogen-bond acceptors (Lipinski definition) is 3. The van der Waals surface area contributed by atoms with Crippen molar-refractivity contribution in [3.63, 3.8) is 0 Å². The molecule has 0 aromatic carbocycles. The van der Waals surface area contributed by atoms with E-state index in [1.807, 2.05) is 36.7 Å². The van der Waals surface area contributed by atoms with Crippen molar-refractivity contribution >= 4 is 11.8 Å². The molecule has 0 fully saturated rings. The summed E-state index contributed by atoms with van der Waals surface area (Å²) in [5.74, 6) is 0.926. The lowest BCUT2D eigenvalue weighted by Gasteiger charge is -2.01. The SMILES string of the molecule is CNCCc1nc(C=O)c2ccc(C)cn12. The molecule has 16 heavy (non-hydrogen) atoms. The summed E-state index contributed by atoms with van der Waals surface area (Å²) in [4.78, 5) is 15.2. The van der Waals surface area contributed by atoms with Gasteiger partial charge in [0.15, 0.2) is 6.29 Å². The number of pyridine rings is 1. The predicted octanol–water partition coefficient (Wildman–Crippen LogP) is 1.22. The monoisotopic (exact) mass is 217 g/mol. The van der Waals surface area contributed by atoms with Gasteiger partial charge in [-0.2, -0.15) is 0 Å². The number of hydrogen-bond donors (Lipinski definition) is 1. The van der Waals surface area contributed by atoms with Gasteiger partial charge < -0.3 is 9.72 Å². The molecule has 84 valence electrons. The van der Waals surface area contributed by atoms with E-state index in [2.05, 4.69) is 10.3 Å². The molecule has 4 nitrogen and oxygen atoms in total. The van der Waals surface area contributed by atoms with E-state index >= 15 is 0 Å². The maximum absolute atomic E-state index is 10.9. The average molecular weight is 217 g/mol. The molecule has 0 saturated heterocycles. The molecule has 0 spiro atoms. The van der Waals surface area contributed by atoms with E-state index in [-0.39, 0.29) is 0 Å². The maximum atomic E-state index is 10.9. The van der Waals surface area contributed by atoms with Crippen molar-refractivity contribution in [1.82, 2.24) is 14.7 Å². The number of rotatable bonds is 4. The highest BCUT2D eigenvalue weighted by Gasteiger charge is 2.09. The summed E-state index contributed by atoms with van der Waals surface area (Å²) >= 11 is 0. The summed E-state index contributed by atoms with van der Waals surface area (Å²) in [6, 6.07) is 3.93. The molecule has 0 atom stereocenters. The third kappa shape index (κ3) is 1.84. The molecule has 0 saturated carbocycles. The van der Waals surface area contributed by atoms with E-state index in [0.717, 1.165) is 36.2 Å². The Labute approximate surface area is 94.3 Å². The van der Waals surface area contributed by atoms with Gasteiger partial charge in [0.1, 0.15) is 11.5 Å². The molecule has 0 unspecified atom stereocenters. The van der Waals surface area contributed by atoms with Gasteiger partial charge in [0.05, 0.1) is 5.52 Å². The molecular formula is C12H15N3O. The van der Waals surface area contributed by atoms with Gasteiger partial charge in [0.25, 0.3) is 0 Å². The second-order valence-corrected chi connectivity index (χ2v) is 3.85. The van der Waals surface area contributed by atoms with Crippen LogP contribution < -0.4 is 5.32 Å². The first-order valence-electron chi connectivity index (χ1n) is 5.33. The van der Waals surface area contributed by atoms with Crippen LogP contribution in [0.3, 0.4) is 0 Å². The largest absolute Gasteiger partial charge is 0.319 e. The van der Waals surface area contributed by atoms with E-state index in [1.165, 1.54) is 0 Å². The molecule has 0 amide bonds. The van der Waals surface area contributed by atoms with Gasteiger partial charge in [-0.25, -0.2) is 4.98 Å². The van der Waals surface area contributed by atoms with E-state index in [0.29, 0.717) is 5.69 Å². The van der Waals surface area contributed by atoms with Crippen LogP contribution >= 0.6 is 0 Å². The fraction of sp³-hybridized carbons (Fsp3) is 0.333. The van der Waals surface area contributed by atoms with Crippen LogP contribution in [0.1, 0.15) is 21.9 Å². The molecule has 0 aliphatic rings. The van der Waals surface area contributed by atoms with Crippen LogP contribution in [0.25, 0.3) is 5.52 Å². The van der Waals surface area contributed by atoms with Gasteiger partial charge in [0, 0.05) is 19.2 Å². The highest BCUT2D eigenvalue weighted by Crippen LogP contribution is 2.13. The summed E-state index contributed by atoms with van der Waals surface area (Å²) < 4.78 is 2.00. The fourth-order valence-corrected chi connectivity index (χ4v) is 1.78. The topological polar surface area (TPSA) is 46.4 Å². The minimum Gasteiger partial charge on any atom is -0.319 e. The highest BCUT2D eigenvalue weighted by molar-refractivity contribution is 5.83. The van der Waals surface area contributed by atoms with Crippen LogP contribution in [0.15, 0.2) is 18.3 Å². The number of likely N-dealkylation sites (N-methyl/N-ethyl adjacent to an activating group) is 1. The Hall–Kier alpha value is -1.68. The van der Waals surface area contributed by atoms with E-state index in [1.54, 1.807) is 0 Å². The third-order valence-corrected chi connectivity index (χ3v) is 2.60. The van der Waals surface area contributed by atoms with Crippen molar-refractivity contribution in [3.8, 4) is 0 Å². The first-order chi connectivity index (χ1) is 7.76. The van der Waals surface area contributed by atoms with Gasteiger partial charge in [0.2, 0.25) is 0 Å². The summed E-state index contributed by atoms with van der Waals surface area (Å²) in [6.07, 6.45) is 3.64. The number of fused-ring (bicyclic) bond motifs is 1. The Morgan fingerprint density at radius 1 is 1.50 bits per heavy atom. The zero-order chi connectivity index (χ0) is 11.5. The van der Waals surface area contributed by atoms with Crippen LogP contribution in [0.2, 0.25) is 0 Å².